The topological polar surface area (TPSA) is 50.9 Å². The number of fused-ring (bicyclic) bond motifs is 1. The van der Waals surface area contributed by atoms with Gasteiger partial charge in [-0.15, -0.1) is 0 Å². The van der Waals surface area contributed by atoms with Crippen molar-refractivity contribution in [2.45, 2.75) is 0 Å². The summed E-state index contributed by atoms with van der Waals surface area (Å²) in [4.78, 5) is 4.18. The number of nitrogens with zero attached hydrogens (tertiary/aromatic N) is 1. The molecule has 4 heteroatoms. The van der Waals surface area contributed by atoms with E-state index < -0.39 is 0 Å². The van der Waals surface area contributed by atoms with E-state index in [1.54, 1.807) is 0 Å². The first-order valence-corrected chi connectivity index (χ1v) is 4.45. The molecule has 2 aromatic rings. The van der Waals surface area contributed by atoms with Crippen LogP contribution in [0.2, 0.25) is 0 Å². The predicted octanol–water partition coefficient (Wildman–Crippen LogP) is 1.92. The van der Waals surface area contributed by atoms with Crippen molar-refractivity contribution in [3.8, 4) is 0 Å². The quantitative estimate of drug-likeness (QED) is 0.703. The van der Waals surface area contributed by atoms with E-state index in [-0.39, 0.29) is 0 Å². The molecule has 0 aliphatic heterocycles. The van der Waals surface area contributed by atoms with E-state index >= 15 is 0 Å². The van der Waals surface area contributed by atoms with Gasteiger partial charge in [0.25, 0.3) is 0 Å². The van der Waals surface area contributed by atoms with Crippen molar-refractivity contribution in [3.63, 3.8) is 0 Å². The van der Waals surface area contributed by atoms with Crippen LogP contribution in [0.3, 0.4) is 0 Å². The number of aromatic nitrogens is 1. The van der Waals surface area contributed by atoms with Gasteiger partial charge in [-0.25, -0.2) is 4.98 Å². The first-order chi connectivity index (χ1) is 5.81. The third kappa shape index (κ3) is 1.00. The molecule has 0 aliphatic carbocycles. The average molecular weight is 179 g/mol. The predicted molar refractivity (Wildman–Crippen MR) is 53.6 cm³/mol. The van der Waals surface area contributed by atoms with Crippen molar-refractivity contribution < 1.29 is 0 Å². The minimum atomic E-state index is 0.618. The van der Waals surface area contributed by atoms with Crippen molar-refractivity contribution in [1.82, 2.24) is 4.98 Å². The molecule has 1 heterocycles. The fraction of sp³-hybridized carbons (Fsp3) is 0.125. The summed E-state index contributed by atoms with van der Waals surface area (Å²) >= 11 is 1.51. The van der Waals surface area contributed by atoms with Gasteiger partial charge in [0.2, 0.25) is 0 Å². The molecule has 3 nitrogen and oxygen atoms in total. The van der Waals surface area contributed by atoms with Gasteiger partial charge in [0.05, 0.1) is 15.9 Å². The number of rotatable bonds is 1. The van der Waals surface area contributed by atoms with Crippen LogP contribution in [0.1, 0.15) is 0 Å². The van der Waals surface area contributed by atoms with E-state index in [1.165, 1.54) is 11.3 Å². The molecule has 0 atom stereocenters. The molecule has 0 amide bonds. The van der Waals surface area contributed by atoms with Gasteiger partial charge in [0, 0.05) is 7.05 Å². The number of nitrogens with two attached hydrogens (primary N) is 1. The van der Waals surface area contributed by atoms with Crippen LogP contribution in [0.5, 0.6) is 0 Å². The van der Waals surface area contributed by atoms with Gasteiger partial charge in [-0.2, -0.15) is 0 Å². The number of hydrogen-bond donors (Lipinski definition) is 2. The lowest BCUT2D eigenvalue weighted by Gasteiger charge is -1.98. The van der Waals surface area contributed by atoms with Crippen molar-refractivity contribution >= 4 is 32.4 Å². The fourth-order valence-electron chi connectivity index (χ4n) is 1.16. The summed E-state index contributed by atoms with van der Waals surface area (Å²) in [6.45, 7) is 0. The van der Waals surface area contributed by atoms with Crippen LogP contribution >= 0.6 is 11.3 Å². The van der Waals surface area contributed by atoms with E-state index in [0.29, 0.717) is 5.13 Å². The lowest BCUT2D eigenvalue weighted by Crippen LogP contribution is -1.86. The highest BCUT2D eigenvalue weighted by atomic mass is 32.1. The number of thiazole rings is 1. The van der Waals surface area contributed by atoms with E-state index in [1.807, 2.05) is 25.2 Å². The smallest absolute Gasteiger partial charge is 0.181 e. The molecule has 0 spiro atoms. The second-order valence-corrected chi connectivity index (χ2v) is 3.49. The van der Waals surface area contributed by atoms with Crippen LogP contribution in [-0.4, -0.2) is 12.0 Å². The molecule has 0 fully saturated rings. The summed E-state index contributed by atoms with van der Waals surface area (Å²) in [5.41, 5.74) is 7.64. The van der Waals surface area contributed by atoms with Crippen molar-refractivity contribution in [2.24, 2.45) is 0 Å². The molecule has 12 heavy (non-hydrogen) atoms. The highest BCUT2D eigenvalue weighted by Crippen LogP contribution is 2.29. The van der Waals surface area contributed by atoms with E-state index in [9.17, 15) is 0 Å². The molecule has 2 rings (SSSR count). The van der Waals surface area contributed by atoms with Crippen molar-refractivity contribution in [1.29, 1.82) is 0 Å². The Balaban J connectivity index is 2.78. The summed E-state index contributed by atoms with van der Waals surface area (Å²) < 4.78 is 1.12. The zero-order valence-electron chi connectivity index (χ0n) is 6.66. The van der Waals surface area contributed by atoms with E-state index in [0.717, 1.165) is 15.9 Å². The minimum absolute atomic E-state index is 0.618. The Morgan fingerprint density at radius 1 is 1.50 bits per heavy atom. The lowest BCUT2D eigenvalue weighted by molar-refractivity contribution is 1.49. The summed E-state index contributed by atoms with van der Waals surface area (Å²) in [5, 5.41) is 3.72. The monoisotopic (exact) mass is 179 g/mol. The third-order valence-electron chi connectivity index (χ3n) is 1.70. The third-order valence-corrected chi connectivity index (χ3v) is 2.63. The number of nitrogens with one attached hydrogen (secondary N) is 1. The Labute approximate surface area is 74.2 Å². The summed E-state index contributed by atoms with van der Waals surface area (Å²) in [6, 6.07) is 5.94. The highest BCUT2D eigenvalue weighted by Gasteiger charge is 2.03. The first kappa shape index (κ1) is 7.36. The number of anilines is 2. The van der Waals surface area contributed by atoms with Crippen LogP contribution in [0.4, 0.5) is 10.8 Å². The molecular formula is C8H9N3S. The molecule has 62 valence electrons. The number of hydrogen-bond acceptors (Lipinski definition) is 4. The zero-order chi connectivity index (χ0) is 8.55. The maximum absolute atomic E-state index is 5.59. The molecule has 0 bridgehead atoms. The summed E-state index contributed by atoms with van der Waals surface area (Å²) in [5.74, 6) is 0. The molecule has 1 aromatic heterocycles. The van der Waals surface area contributed by atoms with Crippen LogP contribution < -0.4 is 11.1 Å². The molecule has 0 unspecified atom stereocenters. The largest absolute Gasteiger partial charge is 0.387 e. The summed E-state index contributed by atoms with van der Waals surface area (Å²) in [7, 11) is 1.89. The molecular weight excluding hydrogens is 170 g/mol. The average Bonchev–Trinajstić information content (AvgIpc) is 2.44. The lowest BCUT2D eigenvalue weighted by atomic mass is 10.3. The Bertz CT molecular complexity index is 408. The maximum atomic E-state index is 5.59. The Morgan fingerprint density at radius 3 is 3.08 bits per heavy atom. The van der Waals surface area contributed by atoms with Gasteiger partial charge in [0.1, 0.15) is 0 Å². The molecule has 0 aliphatic rings. The van der Waals surface area contributed by atoms with Crippen LogP contribution in [0.15, 0.2) is 18.2 Å². The zero-order valence-corrected chi connectivity index (χ0v) is 7.48. The van der Waals surface area contributed by atoms with Gasteiger partial charge in [-0.1, -0.05) is 17.4 Å². The van der Waals surface area contributed by atoms with Gasteiger partial charge >= 0.3 is 0 Å². The van der Waals surface area contributed by atoms with Gasteiger partial charge < -0.3 is 11.1 Å². The van der Waals surface area contributed by atoms with Gasteiger partial charge in [-0.3, -0.25) is 0 Å². The van der Waals surface area contributed by atoms with Crippen molar-refractivity contribution in [3.05, 3.63) is 18.2 Å². The Morgan fingerprint density at radius 2 is 2.33 bits per heavy atom. The molecule has 0 saturated heterocycles. The molecule has 3 N–H and O–H groups in total. The Hall–Kier alpha value is -1.29. The fourth-order valence-corrected chi connectivity index (χ4v) is 2.01. The first-order valence-electron chi connectivity index (χ1n) is 3.64. The van der Waals surface area contributed by atoms with Crippen LogP contribution in [0.25, 0.3) is 10.2 Å². The summed E-state index contributed by atoms with van der Waals surface area (Å²) in [6.07, 6.45) is 0. The van der Waals surface area contributed by atoms with Crippen LogP contribution in [0, 0.1) is 0 Å². The van der Waals surface area contributed by atoms with Crippen LogP contribution in [-0.2, 0) is 0 Å². The second-order valence-electron chi connectivity index (χ2n) is 2.46. The molecule has 0 saturated carbocycles. The minimum Gasteiger partial charge on any atom is -0.387 e. The van der Waals surface area contributed by atoms with Gasteiger partial charge in [0.15, 0.2) is 5.13 Å². The standard InChI is InChI=1S/C8H9N3S/c1-10-5-3-2-4-6-7(5)12-8(9)11-6/h2-4,10H,1H3,(H2,9,11). The maximum Gasteiger partial charge on any atom is 0.181 e. The number of nitrogen functional groups attached to an aromatic ring is 1. The number of benzene rings is 1. The highest BCUT2D eigenvalue weighted by molar-refractivity contribution is 7.22. The SMILES string of the molecule is CNc1cccc2nc(N)sc12. The molecule has 1 aromatic carbocycles. The van der Waals surface area contributed by atoms with Crippen molar-refractivity contribution in [2.75, 3.05) is 18.1 Å². The molecule has 0 radical (unpaired) electrons. The van der Waals surface area contributed by atoms with E-state index in [4.69, 9.17) is 5.73 Å². The van der Waals surface area contributed by atoms with Gasteiger partial charge in [-0.05, 0) is 12.1 Å². The Kier molecular flexibility index (Phi) is 1.62. The van der Waals surface area contributed by atoms with E-state index in [2.05, 4.69) is 10.3 Å². The second kappa shape index (κ2) is 2.64. The normalized spacial score (nSPS) is 10.4.